The van der Waals surface area contributed by atoms with Gasteiger partial charge in [-0.15, -0.1) is 4.91 Å². The molecule has 0 aliphatic rings. The number of nitroso groups, excluding NO2 is 1. The summed E-state index contributed by atoms with van der Waals surface area (Å²) < 4.78 is 0. The van der Waals surface area contributed by atoms with Gasteiger partial charge in [0, 0.05) is 18.1 Å². The maximum atomic E-state index is 11.8. The Bertz CT molecular complexity index is 402. The lowest BCUT2D eigenvalue weighted by Crippen LogP contribution is -2.47. The van der Waals surface area contributed by atoms with Gasteiger partial charge in [-0.25, -0.2) is 4.79 Å². The van der Waals surface area contributed by atoms with E-state index in [4.69, 9.17) is 5.73 Å². The Morgan fingerprint density at radius 1 is 1.08 bits per heavy atom. The van der Waals surface area contributed by atoms with Crippen LogP contribution in [-0.4, -0.2) is 30.4 Å². The van der Waals surface area contributed by atoms with Crippen LogP contribution in [0.3, 0.4) is 0 Å². The van der Waals surface area contributed by atoms with E-state index in [1.54, 1.807) is 0 Å². The molecule has 8 heteroatoms. The molecule has 8 nitrogen and oxygen atoms in total. The van der Waals surface area contributed by atoms with Gasteiger partial charge >= 0.3 is 11.9 Å². The highest BCUT2D eigenvalue weighted by Gasteiger charge is 2.22. The lowest BCUT2D eigenvalue weighted by atomic mass is 9.99. The first kappa shape index (κ1) is 25.3. The molecular weight excluding hydrogens is 324 g/mol. The summed E-state index contributed by atoms with van der Waals surface area (Å²) in [5.74, 6) is -1.26. The number of nitrogens with one attached hydrogen (secondary N) is 2. The molecule has 0 saturated carbocycles. The van der Waals surface area contributed by atoms with Gasteiger partial charge in [-0.05, 0) is 18.8 Å². The number of carbonyl (C=O) groups excluding carboxylic acids is 3. The second-order valence-electron chi connectivity index (χ2n) is 5.97. The molecule has 0 saturated heterocycles. The molecule has 0 fully saturated rings. The maximum absolute atomic E-state index is 11.8. The number of hydrogen-bond donors (Lipinski definition) is 3. The van der Waals surface area contributed by atoms with E-state index in [0.717, 1.165) is 25.7 Å². The van der Waals surface area contributed by atoms with Crippen molar-refractivity contribution < 1.29 is 14.4 Å². The molecule has 0 aliphatic heterocycles. The van der Waals surface area contributed by atoms with Crippen LogP contribution in [0.25, 0.3) is 0 Å². The van der Waals surface area contributed by atoms with E-state index in [-0.39, 0.29) is 12.8 Å². The quantitative estimate of drug-likeness (QED) is 0.490. The van der Waals surface area contributed by atoms with Crippen LogP contribution in [0, 0.1) is 10.8 Å². The Labute approximate surface area is 150 Å². The van der Waals surface area contributed by atoms with Crippen molar-refractivity contribution in [2.24, 2.45) is 16.8 Å². The first-order chi connectivity index (χ1) is 11.9. The molecule has 4 amide bonds. The van der Waals surface area contributed by atoms with Gasteiger partial charge in [0.1, 0.15) is 6.04 Å². The van der Waals surface area contributed by atoms with Crippen LogP contribution in [0.2, 0.25) is 0 Å². The first-order valence-corrected chi connectivity index (χ1v) is 9.05. The van der Waals surface area contributed by atoms with Crippen molar-refractivity contribution in [1.82, 2.24) is 10.6 Å². The third-order valence-corrected chi connectivity index (χ3v) is 3.47. The SMILES string of the molecule is CCC.CCCCC(CC)CNC(=O)NC(CCC(N)=O)C(=O)N=O. The fraction of sp³-hybridized carbons (Fsp3) is 0.824. The van der Waals surface area contributed by atoms with Gasteiger partial charge in [-0.1, -0.05) is 53.4 Å². The highest BCUT2D eigenvalue weighted by molar-refractivity contribution is 5.88. The van der Waals surface area contributed by atoms with Gasteiger partial charge in [0.15, 0.2) is 0 Å². The Kier molecular flexibility index (Phi) is 17.0. The summed E-state index contributed by atoms with van der Waals surface area (Å²) >= 11 is 0. The highest BCUT2D eigenvalue weighted by atomic mass is 16.3. The van der Waals surface area contributed by atoms with E-state index in [9.17, 15) is 19.3 Å². The van der Waals surface area contributed by atoms with Crippen LogP contribution in [0.4, 0.5) is 4.79 Å². The van der Waals surface area contributed by atoms with Crippen molar-refractivity contribution in [3.63, 3.8) is 0 Å². The maximum Gasteiger partial charge on any atom is 0.315 e. The van der Waals surface area contributed by atoms with Crippen LogP contribution in [0.1, 0.15) is 72.6 Å². The molecule has 25 heavy (non-hydrogen) atoms. The summed E-state index contributed by atoms with van der Waals surface area (Å²) in [7, 11) is 0. The van der Waals surface area contributed by atoms with Crippen LogP contribution < -0.4 is 16.4 Å². The monoisotopic (exact) mass is 358 g/mol. The molecule has 2 unspecified atom stereocenters. The summed E-state index contributed by atoms with van der Waals surface area (Å²) in [6.45, 7) is 8.90. The van der Waals surface area contributed by atoms with Crippen LogP contribution in [-0.2, 0) is 9.59 Å². The molecule has 0 radical (unpaired) electrons. The number of hydrogen-bond acceptors (Lipinski definition) is 4. The number of carbonyl (C=O) groups is 3. The van der Waals surface area contributed by atoms with Gasteiger partial charge in [0.2, 0.25) is 5.91 Å². The number of urea groups is 1. The zero-order valence-electron chi connectivity index (χ0n) is 16.0. The molecule has 0 spiro atoms. The summed E-state index contributed by atoms with van der Waals surface area (Å²) in [6.07, 6.45) is 5.25. The van der Waals surface area contributed by atoms with E-state index in [1.807, 2.05) is 0 Å². The van der Waals surface area contributed by atoms with Crippen LogP contribution in [0.5, 0.6) is 0 Å². The van der Waals surface area contributed by atoms with E-state index in [0.29, 0.717) is 12.5 Å². The number of nitrogens with two attached hydrogens (primary N) is 1. The molecule has 0 aromatic heterocycles. The highest BCUT2D eigenvalue weighted by Crippen LogP contribution is 2.11. The molecule has 0 rings (SSSR count). The molecule has 0 aromatic rings. The van der Waals surface area contributed by atoms with Crippen molar-refractivity contribution in [3.05, 3.63) is 4.91 Å². The second-order valence-corrected chi connectivity index (χ2v) is 5.97. The van der Waals surface area contributed by atoms with Gasteiger partial charge < -0.3 is 16.4 Å². The zero-order valence-corrected chi connectivity index (χ0v) is 16.0. The summed E-state index contributed by atoms with van der Waals surface area (Å²) in [5.41, 5.74) is 4.99. The van der Waals surface area contributed by atoms with Crippen molar-refractivity contribution in [1.29, 1.82) is 0 Å². The number of unbranched alkanes of at least 4 members (excludes halogenated alkanes) is 1. The largest absolute Gasteiger partial charge is 0.370 e. The van der Waals surface area contributed by atoms with E-state index in [2.05, 4.69) is 43.5 Å². The standard InChI is InChI=1S/C14H26N4O4.C3H8/c1-3-5-6-10(4-2)9-16-14(21)17-11(13(20)18-22)7-8-12(15)19;1-3-2/h10-11H,3-9H2,1-2H3,(H2,15,19)(H2,16,17,21);3H2,1-2H3. The fourth-order valence-corrected chi connectivity index (χ4v) is 2.00. The number of rotatable bonds is 11. The van der Waals surface area contributed by atoms with Crippen molar-refractivity contribution in [2.45, 2.75) is 78.7 Å². The zero-order chi connectivity index (χ0) is 19.7. The lowest BCUT2D eigenvalue weighted by molar-refractivity contribution is -0.120. The molecule has 0 aliphatic carbocycles. The van der Waals surface area contributed by atoms with Crippen molar-refractivity contribution >= 4 is 17.8 Å². The van der Waals surface area contributed by atoms with Gasteiger partial charge in [0.05, 0.1) is 0 Å². The molecule has 0 aromatic carbocycles. The topological polar surface area (TPSA) is 131 Å². The van der Waals surface area contributed by atoms with Gasteiger partial charge in [-0.3, -0.25) is 9.59 Å². The summed E-state index contributed by atoms with van der Waals surface area (Å²) in [5, 5.41) is 7.32. The Morgan fingerprint density at radius 2 is 1.68 bits per heavy atom. The van der Waals surface area contributed by atoms with Crippen LogP contribution >= 0.6 is 0 Å². The molecular formula is C17H34N4O4. The summed E-state index contributed by atoms with van der Waals surface area (Å²) in [6, 6.07) is -1.68. The lowest BCUT2D eigenvalue weighted by Gasteiger charge is -2.18. The molecule has 4 N–H and O–H groups in total. The van der Waals surface area contributed by atoms with E-state index < -0.39 is 23.9 Å². The Hall–Kier alpha value is -1.99. The smallest absolute Gasteiger partial charge is 0.315 e. The van der Waals surface area contributed by atoms with E-state index >= 15 is 0 Å². The third-order valence-electron chi connectivity index (χ3n) is 3.47. The predicted molar refractivity (Wildman–Crippen MR) is 98.8 cm³/mol. The minimum absolute atomic E-state index is 0.0413. The minimum Gasteiger partial charge on any atom is -0.370 e. The van der Waals surface area contributed by atoms with Crippen molar-refractivity contribution in [2.75, 3.05) is 6.54 Å². The van der Waals surface area contributed by atoms with Gasteiger partial charge in [0.25, 0.3) is 0 Å². The Balaban J connectivity index is 0. The molecule has 0 bridgehead atoms. The predicted octanol–water partition coefficient (Wildman–Crippen LogP) is 2.85. The Morgan fingerprint density at radius 3 is 2.12 bits per heavy atom. The number of primary amides is 1. The normalized spacial score (nSPS) is 12.2. The molecule has 146 valence electrons. The molecule has 2 atom stereocenters. The molecule has 0 heterocycles. The third kappa shape index (κ3) is 15.3. The van der Waals surface area contributed by atoms with Crippen LogP contribution in [0.15, 0.2) is 5.18 Å². The average Bonchev–Trinajstić information content (AvgIpc) is 2.58. The average molecular weight is 358 g/mol. The minimum atomic E-state index is -1.12. The van der Waals surface area contributed by atoms with Gasteiger partial charge in [-0.2, -0.15) is 0 Å². The number of amides is 4. The van der Waals surface area contributed by atoms with Crippen molar-refractivity contribution in [3.8, 4) is 0 Å². The van der Waals surface area contributed by atoms with E-state index in [1.165, 1.54) is 6.42 Å². The fourth-order valence-electron chi connectivity index (χ4n) is 2.00. The number of nitrogens with zero attached hydrogens (tertiary/aromatic N) is 1. The first-order valence-electron chi connectivity index (χ1n) is 9.05. The summed E-state index contributed by atoms with van der Waals surface area (Å²) in [4.78, 5) is 44.1. The second kappa shape index (κ2) is 16.9.